The minimum atomic E-state index is -1.02. The maximum atomic E-state index is 13.9. The fourth-order valence-corrected chi connectivity index (χ4v) is 1.41. The molecule has 0 aliphatic heterocycles. The summed E-state index contributed by atoms with van der Waals surface area (Å²) in [4.78, 5) is 21.6. The lowest BCUT2D eigenvalue weighted by molar-refractivity contribution is -0.135. The quantitative estimate of drug-likeness (QED) is 0.793. The van der Waals surface area contributed by atoms with Crippen LogP contribution in [-0.2, 0) is 4.79 Å². The van der Waals surface area contributed by atoms with Crippen molar-refractivity contribution in [1.29, 1.82) is 0 Å². The summed E-state index contributed by atoms with van der Waals surface area (Å²) in [6.07, 6.45) is 1.23. The van der Waals surface area contributed by atoms with Gasteiger partial charge in [0.15, 0.2) is 11.6 Å². The van der Waals surface area contributed by atoms with E-state index in [-0.39, 0.29) is 18.1 Å². The van der Waals surface area contributed by atoms with Crippen LogP contribution in [0.25, 0.3) is 0 Å². The minimum Gasteiger partial charge on any atom is -0.480 e. The van der Waals surface area contributed by atoms with Crippen molar-refractivity contribution >= 4 is 11.8 Å². The number of nitrogens with zero attached hydrogens (tertiary/aromatic N) is 4. The van der Waals surface area contributed by atoms with Crippen LogP contribution in [0.5, 0.6) is 0 Å². The van der Waals surface area contributed by atoms with E-state index >= 15 is 0 Å². The van der Waals surface area contributed by atoms with Crippen molar-refractivity contribution in [2.75, 3.05) is 38.6 Å². The maximum Gasteiger partial charge on any atom is 0.323 e. The second-order valence-electron chi connectivity index (χ2n) is 4.22. The van der Waals surface area contributed by atoms with Gasteiger partial charge in [-0.25, -0.2) is 14.4 Å². The summed E-state index contributed by atoms with van der Waals surface area (Å²) >= 11 is 0. The maximum absolute atomic E-state index is 13.9. The highest BCUT2D eigenvalue weighted by atomic mass is 19.1. The highest BCUT2D eigenvalue weighted by Gasteiger charge is 2.18. The zero-order valence-corrected chi connectivity index (χ0v) is 10.7. The topological polar surface area (TPSA) is 69.6 Å². The number of halogens is 1. The van der Waals surface area contributed by atoms with Gasteiger partial charge in [0, 0.05) is 13.1 Å². The average molecular weight is 256 g/mol. The molecular weight excluding hydrogens is 239 g/mol. The Kier molecular flexibility index (Phi) is 4.96. The molecule has 18 heavy (non-hydrogen) atoms. The predicted molar refractivity (Wildman–Crippen MR) is 65.1 cm³/mol. The monoisotopic (exact) mass is 256 g/mol. The molecular formula is C11H17FN4O2. The number of hydrogen-bond donors (Lipinski definition) is 1. The van der Waals surface area contributed by atoms with E-state index in [0.717, 1.165) is 0 Å². The fraction of sp³-hybridized carbons (Fsp3) is 0.545. The van der Waals surface area contributed by atoms with E-state index in [4.69, 9.17) is 5.11 Å². The van der Waals surface area contributed by atoms with Crippen LogP contribution in [0, 0.1) is 12.7 Å². The molecule has 6 nitrogen and oxygen atoms in total. The van der Waals surface area contributed by atoms with Crippen molar-refractivity contribution in [1.82, 2.24) is 14.9 Å². The van der Waals surface area contributed by atoms with Gasteiger partial charge in [0.1, 0.15) is 12.9 Å². The smallest absolute Gasteiger partial charge is 0.323 e. The van der Waals surface area contributed by atoms with Crippen LogP contribution >= 0.6 is 0 Å². The molecule has 1 N–H and O–H groups in total. The number of aliphatic carboxylic acids is 1. The first-order chi connectivity index (χ1) is 8.41. The highest BCUT2D eigenvalue weighted by molar-refractivity contribution is 5.73. The van der Waals surface area contributed by atoms with E-state index in [0.29, 0.717) is 13.1 Å². The SMILES string of the molecule is Cc1ncnc(N(CCN(C)C)CC(=O)O)c1F. The van der Waals surface area contributed by atoms with E-state index in [1.165, 1.54) is 18.2 Å². The molecule has 0 spiro atoms. The Balaban J connectivity index is 2.93. The van der Waals surface area contributed by atoms with Crippen molar-refractivity contribution in [3.8, 4) is 0 Å². The summed E-state index contributed by atoms with van der Waals surface area (Å²) in [5.41, 5.74) is 0.209. The van der Waals surface area contributed by atoms with Crippen LogP contribution in [0.3, 0.4) is 0 Å². The lowest BCUT2D eigenvalue weighted by Gasteiger charge is -2.24. The third-order valence-corrected chi connectivity index (χ3v) is 2.39. The molecule has 7 heteroatoms. The second-order valence-corrected chi connectivity index (χ2v) is 4.22. The summed E-state index contributed by atoms with van der Waals surface area (Å²) in [6.45, 7) is 2.22. The number of likely N-dealkylation sites (N-methyl/N-ethyl adjacent to an activating group) is 1. The Morgan fingerprint density at radius 3 is 2.61 bits per heavy atom. The standard InChI is InChI=1S/C11H17FN4O2/c1-8-10(12)11(14-7-13-8)16(6-9(17)18)5-4-15(2)3/h7H,4-6H2,1-3H3,(H,17,18). The number of rotatable bonds is 6. The first kappa shape index (κ1) is 14.3. The Morgan fingerprint density at radius 1 is 1.39 bits per heavy atom. The van der Waals surface area contributed by atoms with Gasteiger partial charge in [-0.1, -0.05) is 0 Å². The van der Waals surface area contributed by atoms with Gasteiger partial charge in [0.05, 0.1) is 5.69 Å². The summed E-state index contributed by atoms with van der Waals surface area (Å²) in [5, 5.41) is 8.85. The zero-order valence-electron chi connectivity index (χ0n) is 10.7. The second kappa shape index (κ2) is 6.25. The third kappa shape index (κ3) is 3.92. The van der Waals surface area contributed by atoms with Gasteiger partial charge >= 0.3 is 5.97 Å². The molecule has 0 aliphatic rings. The summed E-state index contributed by atoms with van der Waals surface area (Å²) in [6, 6.07) is 0. The molecule has 0 radical (unpaired) electrons. The lowest BCUT2D eigenvalue weighted by atomic mass is 10.3. The van der Waals surface area contributed by atoms with E-state index < -0.39 is 11.8 Å². The molecule has 0 unspecified atom stereocenters. The number of carboxylic acid groups (broad SMARTS) is 1. The first-order valence-corrected chi connectivity index (χ1v) is 5.50. The fourth-order valence-electron chi connectivity index (χ4n) is 1.41. The molecule has 0 aliphatic carbocycles. The Hall–Kier alpha value is -1.76. The average Bonchev–Trinajstić information content (AvgIpc) is 2.27. The van der Waals surface area contributed by atoms with Gasteiger partial charge in [-0.2, -0.15) is 0 Å². The molecule has 0 aromatic carbocycles. The molecule has 0 saturated carbocycles. The van der Waals surface area contributed by atoms with Gasteiger partial charge in [0.25, 0.3) is 0 Å². The number of anilines is 1. The van der Waals surface area contributed by atoms with Crippen molar-refractivity contribution in [2.45, 2.75) is 6.92 Å². The first-order valence-electron chi connectivity index (χ1n) is 5.50. The summed E-state index contributed by atoms with van der Waals surface area (Å²) in [5.74, 6) is -1.56. The van der Waals surface area contributed by atoms with Crippen LogP contribution in [0.15, 0.2) is 6.33 Å². The van der Waals surface area contributed by atoms with Gasteiger partial charge in [-0.15, -0.1) is 0 Å². The van der Waals surface area contributed by atoms with Gasteiger partial charge in [-0.3, -0.25) is 4.79 Å². The van der Waals surface area contributed by atoms with Gasteiger partial charge in [0.2, 0.25) is 0 Å². The summed E-state index contributed by atoms with van der Waals surface area (Å²) in [7, 11) is 3.72. The van der Waals surface area contributed by atoms with Gasteiger partial charge < -0.3 is 14.9 Å². The van der Waals surface area contributed by atoms with Crippen molar-refractivity contribution < 1.29 is 14.3 Å². The molecule has 0 bridgehead atoms. The molecule has 0 atom stereocenters. The van der Waals surface area contributed by atoms with E-state index in [9.17, 15) is 9.18 Å². The molecule has 0 amide bonds. The number of aryl methyl sites for hydroxylation is 1. The highest BCUT2D eigenvalue weighted by Crippen LogP contribution is 2.16. The van der Waals surface area contributed by atoms with Crippen LogP contribution in [-0.4, -0.2) is 59.7 Å². The molecule has 0 fully saturated rings. The molecule has 1 aromatic rings. The molecule has 0 saturated heterocycles. The number of hydrogen-bond acceptors (Lipinski definition) is 5. The number of aromatic nitrogens is 2. The minimum absolute atomic E-state index is 0.0340. The van der Waals surface area contributed by atoms with Crippen LogP contribution < -0.4 is 4.90 Å². The van der Waals surface area contributed by atoms with Crippen molar-refractivity contribution in [2.24, 2.45) is 0 Å². The summed E-state index contributed by atoms with van der Waals surface area (Å²) < 4.78 is 13.9. The predicted octanol–water partition coefficient (Wildman–Crippen LogP) is 0.377. The number of carbonyl (C=O) groups is 1. The van der Waals surface area contributed by atoms with E-state index in [1.54, 1.807) is 0 Å². The van der Waals surface area contributed by atoms with E-state index in [2.05, 4.69) is 9.97 Å². The Labute approximate surface area is 105 Å². The van der Waals surface area contributed by atoms with E-state index in [1.807, 2.05) is 19.0 Å². The van der Waals surface area contributed by atoms with Crippen molar-refractivity contribution in [3.05, 3.63) is 17.8 Å². The largest absolute Gasteiger partial charge is 0.480 e. The molecule has 1 aromatic heterocycles. The molecule has 100 valence electrons. The Bertz CT molecular complexity index is 426. The van der Waals surface area contributed by atoms with Crippen LogP contribution in [0.4, 0.5) is 10.2 Å². The molecule has 1 heterocycles. The normalized spacial score (nSPS) is 10.7. The lowest BCUT2D eigenvalue weighted by Crippen LogP contribution is -2.37. The van der Waals surface area contributed by atoms with Gasteiger partial charge in [-0.05, 0) is 21.0 Å². The van der Waals surface area contributed by atoms with Crippen molar-refractivity contribution in [3.63, 3.8) is 0 Å². The van der Waals surface area contributed by atoms with Crippen LogP contribution in [0.2, 0.25) is 0 Å². The molecule has 1 rings (SSSR count). The third-order valence-electron chi connectivity index (χ3n) is 2.39. The zero-order chi connectivity index (χ0) is 13.7. The van der Waals surface area contributed by atoms with Crippen LogP contribution in [0.1, 0.15) is 5.69 Å². The Morgan fingerprint density at radius 2 is 2.06 bits per heavy atom. The number of carboxylic acids is 1.